The van der Waals surface area contributed by atoms with Crippen molar-refractivity contribution in [3.63, 3.8) is 0 Å². The maximum absolute atomic E-state index is 12.7. The van der Waals surface area contributed by atoms with Crippen LogP contribution in [0.15, 0.2) is 29.2 Å². The maximum atomic E-state index is 12.7. The van der Waals surface area contributed by atoms with Gasteiger partial charge in [0.2, 0.25) is 0 Å². The molecule has 0 amide bonds. The fourth-order valence-electron chi connectivity index (χ4n) is 3.09. The zero-order valence-electron chi connectivity index (χ0n) is 13.3. The first-order valence-corrected chi connectivity index (χ1v) is 7.83. The summed E-state index contributed by atoms with van der Waals surface area (Å²) in [6.07, 6.45) is -0.973. The van der Waals surface area contributed by atoms with E-state index >= 15 is 0 Å². The zero-order chi connectivity index (χ0) is 17.3. The predicted molar refractivity (Wildman–Crippen MR) is 82.5 cm³/mol. The predicted octanol–water partition coefficient (Wildman–Crippen LogP) is 2.51. The van der Waals surface area contributed by atoms with Gasteiger partial charge in [-0.05, 0) is 37.1 Å². The van der Waals surface area contributed by atoms with Gasteiger partial charge < -0.3 is 4.57 Å². The third-order valence-electron chi connectivity index (χ3n) is 4.41. The van der Waals surface area contributed by atoms with Crippen molar-refractivity contribution >= 4 is 0 Å². The summed E-state index contributed by atoms with van der Waals surface area (Å²) >= 11 is 0. The molecule has 0 saturated carbocycles. The first-order chi connectivity index (χ1) is 11.3. The molecule has 3 heterocycles. The molecule has 1 N–H and O–H groups in total. The monoisotopic (exact) mass is 340 g/mol. The molecule has 0 aliphatic carbocycles. The van der Waals surface area contributed by atoms with Crippen LogP contribution in [0.1, 0.15) is 35.7 Å². The van der Waals surface area contributed by atoms with Crippen LogP contribution in [-0.2, 0) is 19.8 Å². The van der Waals surface area contributed by atoms with E-state index < -0.39 is 11.9 Å². The lowest BCUT2D eigenvalue weighted by atomic mass is 9.94. The van der Waals surface area contributed by atoms with E-state index in [4.69, 9.17) is 0 Å². The van der Waals surface area contributed by atoms with Crippen LogP contribution >= 0.6 is 0 Å². The summed E-state index contributed by atoms with van der Waals surface area (Å²) in [4.78, 5) is 13.9. The van der Waals surface area contributed by atoms with Crippen LogP contribution < -0.4 is 5.56 Å². The Hall–Kier alpha value is -2.09. The molecule has 1 fully saturated rings. The Kier molecular flexibility index (Phi) is 4.49. The average Bonchev–Trinajstić information content (AvgIpc) is 3.01. The van der Waals surface area contributed by atoms with Crippen LogP contribution in [-0.4, -0.2) is 32.8 Å². The Morgan fingerprint density at radius 3 is 2.83 bits per heavy atom. The van der Waals surface area contributed by atoms with Crippen LogP contribution in [0, 0.1) is 0 Å². The van der Waals surface area contributed by atoms with Crippen molar-refractivity contribution in [3.8, 4) is 0 Å². The number of alkyl halides is 3. The number of likely N-dealkylation sites (tertiary alicyclic amines) is 1. The van der Waals surface area contributed by atoms with Crippen LogP contribution in [0.4, 0.5) is 13.2 Å². The molecule has 2 aromatic heterocycles. The van der Waals surface area contributed by atoms with Gasteiger partial charge in [-0.3, -0.25) is 14.8 Å². The molecule has 24 heavy (non-hydrogen) atoms. The topological polar surface area (TPSA) is 53.9 Å². The van der Waals surface area contributed by atoms with Crippen LogP contribution in [0.2, 0.25) is 0 Å². The highest BCUT2D eigenvalue weighted by Crippen LogP contribution is 2.32. The Balaban J connectivity index is 1.69. The standard InChI is InChI=1S/C16H19F3N4O/c1-22-6-4-11(7-15(22)24)9-23-5-2-3-12(10-23)13-8-14(21-20-13)16(17,18)19/h4,6-8,12H,2-3,5,9-10H2,1H3,(H,20,21)/t12-/m1/s1. The van der Waals surface area contributed by atoms with Gasteiger partial charge in [0.05, 0.1) is 0 Å². The van der Waals surface area contributed by atoms with E-state index in [0.717, 1.165) is 31.0 Å². The molecule has 1 aliphatic rings. The largest absolute Gasteiger partial charge is 0.435 e. The number of hydrogen-bond donors (Lipinski definition) is 1. The molecule has 130 valence electrons. The van der Waals surface area contributed by atoms with Gasteiger partial charge in [-0.15, -0.1) is 0 Å². The summed E-state index contributed by atoms with van der Waals surface area (Å²) < 4.78 is 39.5. The van der Waals surface area contributed by atoms with E-state index in [1.807, 2.05) is 6.07 Å². The number of piperidine rings is 1. The molecule has 1 aliphatic heterocycles. The van der Waals surface area contributed by atoms with Crippen LogP contribution in [0.3, 0.4) is 0 Å². The van der Waals surface area contributed by atoms with Gasteiger partial charge in [-0.2, -0.15) is 18.3 Å². The van der Waals surface area contributed by atoms with Gasteiger partial charge in [0, 0.05) is 44.0 Å². The fraction of sp³-hybridized carbons (Fsp3) is 0.500. The van der Waals surface area contributed by atoms with Crippen molar-refractivity contribution in [2.24, 2.45) is 7.05 Å². The summed E-state index contributed by atoms with van der Waals surface area (Å²) in [6, 6.07) is 4.59. The Bertz CT molecular complexity index is 765. The van der Waals surface area contributed by atoms with E-state index in [9.17, 15) is 18.0 Å². The molecule has 0 spiro atoms. The smallest absolute Gasteiger partial charge is 0.319 e. The van der Waals surface area contributed by atoms with Crippen molar-refractivity contribution < 1.29 is 13.2 Å². The van der Waals surface area contributed by atoms with Crippen molar-refractivity contribution in [1.29, 1.82) is 0 Å². The highest BCUT2D eigenvalue weighted by molar-refractivity contribution is 5.17. The van der Waals surface area contributed by atoms with E-state index in [1.54, 1.807) is 19.3 Å². The van der Waals surface area contributed by atoms with Gasteiger partial charge in [0.25, 0.3) is 5.56 Å². The molecular formula is C16H19F3N4O. The number of aryl methyl sites for hydroxylation is 1. The average molecular weight is 340 g/mol. The number of hydrogen-bond acceptors (Lipinski definition) is 3. The SMILES string of the molecule is Cn1ccc(CN2CCC[C@@H](c3cc(C(F)(F)F)n[nH]3)C2)cc1=O. The number of H-pyrrole nitrogens is 1. The first-order valence-electron chi connectivity index (χ1n) is 7.83. The van der Waals surface area contributed by atoms with E-state index in [0.29, 0.717) is 18.8 Å². The molecule has 1 atom stereocenters. The van der Waals surface area contributed by atoms with Crippen LogP contribution in [0.25, 0.3) is 0 Å². The lowest BCUT2D eigenvalue weighted by Gasteiger charge is -2.32. The minimum Gasteiger partial charge on any atom is -0.319 e. The fourth-order valence-corrected chi connectivity index (χ4v) is 3.09. The highest BCUT2D eigenvalue weighted by Gasteiger charge is 2.35. The zero-order valence-corrected chi connectivity index (χ0v) is 13.3. The Labute approximate surface area is 137 Å². The Morgan fingerprint density at radius 1 is 1.38 bits per heavy atom. The summed E-state index contributed by atoms with van der Waals surface area (Å²) in [5.41, 5.74) is 0.501. The normalized spacial score (nSPS) is 19.6. The van der Waals surface area contributed by atoms with Crippen molar-refractivity contribution in [1.82, 2.24) is 19.7 Å². The molecule has 0 unspecified atom stereocenters. The Morgan fingerprint density at radius 2 is 2.17 bits per heavy atom. The number of halogens is 3. The van der Waals surface area contributed by atoms with Crippen molar-refractivity contribution in [2.75, 3.05) is 13.1 Å². The number of pyridine rings is 1. The number of aromatic nitrogens is 3. The molecule has 2 aromatic rings. The van der Waals surface area contributed by atoms with E-state index in [2.05, 4.69) is 15.1 Å². The van der Waals surface area contributed by atoms with Gasteiger partial charge >= 0.3 is 6.18 Å². The second kappa shape index (κ2) is 6.43. The highest BCUT2D eigenvalue weighted by atomic mass is 19.4. The molecular weight excluding hydrogens is 321 g/mol. The molecule has 0 aromatic carbocycles. The van der Waals surface area contributed by atoms with Gasteiger partial charge in [0.1, 0.15) is 0 Å². The first kappa shape index (κ1) is 16.8. The third-order valence-corrected chi connectivity index (χ3v) is 4.41. The van der Waals surface area contributed by atoms with E-state index in [1.165, 1.54) is 4.57 Å². The lowest BCUT2D eigenvalue weighted by Crippen LogP contribution is -2.34. The second-order valence-electron chi connectivity index (χ2n) is 6.26. The van der Waals surface area contributed by atoms with Crippen LogP contribution in [0.5, 0.6) is 0 Å². The molecule has 1 saturated heterocycles. The molecule has 5 nitrogen and oxygen atoms in total. The number of nitrogens with zero attached hydrogens (tertiary/aromatic N) is 3. The van der Waals surface area contributed by atoms with E-state index in [-0.39, 0.29) is 11.5 Å². The van der Waals surface area contributed by atoms with Crippen molar-refractivity contribution in [2.45, 2.75) is 31.5 Å². The number of nitrogens with one attached hydrogen (secondary N) is 1. The second-order valence-corrected chi connectivity index (χ2v) is 6.26. The van der Waals surface area contributed by atoms with Gasteiger partial charge in [-0.25, -0.2) is 0 Å². The summed E-state index contributed by atoms with van der Waals surface area (Å²) in [5.74, 6) is -0.00565. The quantitative estimate of drug-likeness (QED) is 0.934. The minimum atomic E-state index is -4.42. The molecule has 0 bridgehead atoms. The van der Waals surface area contributed by atoms with Gasteiger partial charge in [0.15, 0.2) is 5.69 Å². The van der Waals surface area contributed by atoms with Gasteiger partial charge in [-0.1, -0.05) is 0 Å². The number of aromatic amines is 1. The van der Waals surface area contributed by atoms with Crippen molar-refractivity contribution in [3.05, 3.63) is 51.7 Å². The summed E-state index contributed by atoms with van der Waals surface area (Å²) in [6.45, 7) is 2.13. The molecule has 8 heteroatoms. The summed E-state index contributed by atoms with van der Waals surface area (Å²) in [5, 5.41) is 5.91. The molecule has 0 radical (unpaired) electrons. The molecule has 3 rings (SSSR count). The third kappa shape index (κ3) is 3.69. The lowest BCUT2D eigenvalue weighted by molar-refractivity contribution is -0.141. The maximum Gasteiger partial charge on any atom is 0.435 e. The minimum absolute atomic E-state index is 0.00565. The number of rotatable bonds is 3. The summed E-state index contributed by atoms with van der Waals surface area (Å²) in [7, 11) is 1.69.